The van der Waals surface area contributed by atoms with E-state index in [4.69, 9.17) is 0 Å². The number of carbonyl (C=O) groups is 2. The largest absolute Gasteiger partial charge is 0.388 e. The third-order valence-electron chi connectivity index (χ3n) is 3.45. The minimum atomic E-state index is -0.717. The zero-order valence-electron chi connectivity index (χ0n) is 13.4. The van der Waals surface area contributed by atoms with Crippen LogP contribution in [0.4, 0.5) is 5.69 Å². The van der Waals surface area contributed by atoms with E-state index >= 15 is 0 Å². The van der Waals surface area contributed by atoms with Gasteiger partial charge in [-0.1, -0.05) is 42.5 Å². The van der Waals surface area contributed by atoms with E-state index in [1.165, 1.54) is 11.8 Å². The number of hydrogen-bond acceptors (Lipinski definition) is 4. The Morgan fingerprint density at radius 2 is 1.71 bits per heavy atom. The lowest BCUT2D eigenvalue weighted by atomic mass is 10.1. The van der Waals surface area contributed by atoms with Crippen molar-refractivity contribution in [1.29, 1.82) is 0 Å². The van der Waals surface area contributed by atoms with Gasteiger partial charge in [0.25, 0.3) is 0 Å². The molecule has 3 N–H and O–H groups in total. The highest BCUT2D eigenvalue weighted by Gasteiger charge is 2.15. The summed E-state index contributed by atoms with van der Waals surface area (Å²) in [5.41, 5.74) is 1.39. The van der Waals surface area contributed by atoms with Crippen molar-refractivity contribution in [2.75, 3.05) is 18.1 Å². The fourth-order valence-electron chi connectivity index (χ4n) is 2.17. The zero-order valence-corrected chi connectivity index (χ0v) is 14.2. The molecule has 24 heavy (non-hydrogen) atoms. The van der Waals surface area contributed by atoms with Crippen LogP contribution in [0.5, 0.6) is 0 Å². The van der Waals surface area contributed by atoms with Crippen LogP contribution in [-0.2, 0) is 9.59 Å². The first-order valence-electron chi connectivity index (χ1n) is 7.57. The summed E-state index contributed by atoms with van der Waals surface area (Å²) in [7, 11) is 0. The molecule has 5 nitrogen and oxygen atoms in total. The summed E-state index contributed by atoms with van der Waals surface area (Å²) in [5.74, 6) is -1.43. The molecule has 1 unspecified atom stereocenters. The summed E-state index contributed by atoms with van der Waals surface area (Å²) in [6, 6.07) is 16.5. The summed E-state index contributed by atoms with van der Waals surface area (Å²) < 4.78 is 0. The molecule has 0 bridgehead atoms. The van der Waals surface area contributed by atoms with Crippen molar-refractivity contribution in [3.8, 4) is 0 Å². The highest BCUT2D eigenvalue weighted by Crippen LogP contribution is 2.24. The normalized spacial score (nSPS) is 11.6. The minimum Gasteiger partial charge on any atom is -0.388 e. The summed E-state index contributed by atoms with van der Waals surface area (Å²) in [6.45, 7) is 0.215. The van der Waals surface area contributed by atoms with Crippen molar-refractivity contribution >= 4 is 29.3 Å². The maximum absolute atomic E-state index is 11.9. The molecule has 0 fully saturated rings. The van der Waals surface area contributed by atoms with Gasteiger partial charge in [0, 0.05) is 11.4 Å². The van der Waals surface area contributed by atoms with Crippen molar-refractivity contribution in [3.63, 3.8) is 0 Å². The fourth-order valence-corrected chi connectivity index (χ4v) is 2.73. The number of para-hydroxylation sites is 1. The molecule has 2 amide bonds. The van der Waals surface area contributed by atoms with Crippen LogP contribution in [0.15, 0.2) is 59.5 Å². The molecular formula is C18H20N2O3S. The monoisotopic (exact) mass is 344 g/mol. The Hall–Kier alpha value is -2.31. The first-order chi connectivity index (χ1) is 11.6. The van der Waals surface area contributed by atoms with Crippen molar-refractivity contribution in [3.05, 3.63) is 60.2 Å². The minimum absolute atomic E-state index is 0.215. The highest BCUT2D eigenvalue weighted by atomic mass is 32.2. The van der Waals surface area contributed by atoms with Crippen LogP contribution in [0.25, 0.3) is 0 Å². The first kappa shape index (κ1) is 18.0. The third-order valence-corrected chi connectivity index (χ3v) is 4.24. The van der Waals surface area contributed by atoms with Crippen LogP contribution in [-0.4, -0.2) is 29.7 Å². The molecule has 0 saturated heterocycles. The van der Waals surface area contributed by atoms with E-state index in [9.17, 15) is 14.7 Å². The van der Waals surface area contributed by atoms with Gasteiger partial charge < -0.3 is 15.7 Å². The van der Waals surface area contributed by atoms with E-state index in [2.05, 4.69) is 10.6 Å². The van der Waals surface area contributed by atoms with E-state index < -0.39 is 17.9 Å². The van der Waals surface area contributed by atoms with Crippen LogP contribution in [0.3, 0.4) is 0 Å². The predicted octanol–water partition coefficient (Wildman–Crippen LogP) is 2.59. The Kier molecular flexibility index (Phi) is 6.84. The molecule has 0 aliphatic carbocycles. The van der Waals surface area contributed by atoms with Crippen molar-refractivity contribution in [1.82, 2.24) is 5.32 Å². The van der Waals surface area contributed by atoms with E-state index in [1.807, 2.05) is 48.7 Å². The number of nitrogens with one attached hydrogen (secondary N) is 2. The van der Waals surface area contributed by atoms with Gasteiger partial charge in [-0.15, -0.1) is 11.8 Å². The van der Waals surface area contributed by atoms with Crippen LogP contribution in [0.1, 0.15) is 18.1 Å². The van der Waals surface area contributed by atoms with Gasteiger partial charge in [-0.3, -0.25) is 9.59 Å². The number of aliphatic hydroxyl groups is 1. The zero-order chi connectivity index (χ0) is 17.4. The number of carbonyl (C=O) groups excluding carboxylic acids is 2. The molecule has 0 heterocycles. The van der Waals surface area contributed by atoms with Gasteiger partial charge in [0.1, 0.15) is 0 Å². The average Bonchev–Trinajstić information content (AvgIpc) is 2.62. The van der Waals surface area contributed by atoms with Gasteiger partial charge >= 0.3 is 11.8 Å². The smallest absolute Gasteiger partial charge is 0.313 e. The molecule has 1 atom stereocenters. The highest BCUT2D eigenvalue weighted by molar-refractivity contribution is 7.98. The van der Waals surface area contributed by atoms with Crippen molar-refractivity contribution in [2.24, 2.45) is 0 Å². The summed E-state index contributed by atoms with van der Waals surface area (Å²) >= 11 is 1.49. The number of thioether (sulfide) groups is 1. The second-order valence-corrected chi connectivity index (χ2v) is 5.97. The van der Waals surface area contributed by atoms with Gasteiger partial charge in [-0.2, -0.15) is 0 Å². The van der Waals surface area contributed by atoms with E-state index in [-0.39, 0.29) is 6.54 Å². The Bertz CT molecular complexity index is 692. The SMILES string of the molecule is CSc1ccccc1NC(=O)C(=O)NCCC(O)c1ccccc1. The predicted molar refractivity (Wildman–Crippen MR) is 95.9 cm³/mol. The van der Waals surface area contributed by atoms with E-state index in [1.54, 1.807) is 12.1 Å². The quantitative estimate of drug-likeness (QED) is 0.556. The van der Waals surface area contributed by atoms with Crippen LogP contribution in [0, 0.1) is 0 Å². The summed E-state index contributed by atoms with van der Waals surface area (Å²) in [5, 5.41) is 15.1. The maximum atomic E-state index is 11.9. The van der Waals surface area contributed by atoms with Crippen molar-refractivity contribution < 1.29 is 14.7 Å². The second-order valence-electron chi connectivity index (χ2n) is 5.13. The Morgan fingerprint density at radius 3 is 2.42 bits per heavy atom. The van der Waals surface area contributed by atoms with Gasteiger partial charge in [0.15, 0.2) is 0 Å². The lowest BCUT2D eigenvalue weighted by Gasteiger charge is -2.12. The topological polar surface area (TPSA) is 78.4 Å². The molecule has 126 valence electrons. The molecule has 2 rings (SSSR count). The van der Waals surface area contributed by atoms with Crippen LogP contribution in [0.2, 0.25) is 0 Å². The number of aliphatic hydroxyl groups excluding tert-OH is 1. The second kappa shape index (κ2) is 9.10. The Labute approximate surface area is 145 Å². The van der Waals surface area contributed by atoms with Gasteiger partial charge in [0.2, 0.25) is 0 Å². The number of rotatable bonds is 6. The lowest BCUT2D eigenvalue weighted by Crippen LogP contribution is -2.36. The fraction of sp³-hybridized carbons (Fsp3) is 0.222. The first-order valence-corrected chi connectivity index (χ1v) is 8.79. The summed E-state index contributed by atoms with van der Waals surface area (Å²) in [4.78, 5) is 24.7. The molecule has 0 spiro atoms. The Morgan fingerprint density at radius 1 is 1.04 bits per heavy atom. The number of benzene rings is 2. The molecule has 0 aliphatic heterocycles. The third kappa shape index (κ3) is 5.11. The van der Waals surface area contributed by atoms with E-state index in [0.29, 0.717) is 12.1 Å². The lowest BCUT2D eigenvalue weighted by molar-refractivity contribution is -0.136. The molecule has 0 radical (unpaired) electrons. The number of anilines is 1. The standard InChI is InChI=1S/C18H20N2O3S/c1-24-16-10-6-5-9-14(16)20-18(23)17(22)19-12-11-15(21)13-7-3-2-4-8-13/h2-10,15,21H,11-12H2,1H3,(H,19,22)(H,20,23). The molecule has 0 aromatic heterocycles. The maximum Gasteiger partial charge on any atom is 0.313 e. The number of hydrogen-bond donors (Lipinski definition) is 3. The average molecular weight is 344 g/mol. The van der Waals surface area contributed by atoms with Crippen LogP contribution < -0.4 is 10.6 Å². The van der Waals surface area contributed by atoms with Gasteiger partial charge in [-0.05, 0) is 30.4 Å². The van der Waals surface area contributed by atoms with Crippen molar-refractivity contribution in [2.45, 2.75) is 17.4 Å². The van der Waals surface area contributed by atoms with E-state index in [0.717, 1.165) is 10.5 Å². The Balaban J connectivity index is 1.81. The van der Waals surface area contributed by atoms with Gasteiger partial charge in [-0.25, -0.2) is 0 Å². The van der Waals surface area contributed by atoms with Crippen LogP contribution >= 0.6 is 11.8 Å². The number of amides is 2. The van der Waals surface area contributed by atoms with Gasteiger partial charge in [0.05, 0.1) is 11.8 Å². The molecule has 2 aromatic carbocycles. The molecule has 0 aliphatic rings. The molecular weight excluding hydrogens is 324 g/mol. The molecule has 6 heteroatoms. The summed E-state index contributed by atoms with van der Waals surface area (Å²) in [6.07, 6.45) is 1.56. The molecule has 0 saturated carbocycles. The molecule has 2 aromatic rings.